The maximum Gasteiger partial charge on any atom is 0.307 e. The summed E-state index contributed by atoms with van der Waals surface area (Å²) >= 11 is 0. The van der Waals surface area contributed by atoms with Crippen molar-refractivity contribution in [3.05, 3.63) is 35.9 Å². The van der Waals surface area contributed by atoms with E-state index in [9.17, 15) is 9.90 Å². The maximum atomic E-state index is 11.3. The van der Waals surface area contributed by atoms with Gasteiger partial charge in [0.25, 0.3) is 0 Å². The van der Waals surface area contributed by atoms with Crippen molar-refractivity contribution in [3.63, 3.8) is 0 Å². The Bertz CT molecular complexity index is 408. The molecule has 1 N–H and O–H groups in total. The monoisotopic (exact) mass is 232 g/mol. The molecule has 1 aromatic rings. The number of rotatable bonds is 2. The van der Waals surface area contributed by atoms with E-state index in [2.05, 4.69) is 32.9 Å². The fourth-order valence-corrected chi connectivity index (χ4v) is 3.14. The Morgan fingerprint density at radius 1 is 1.29 bits per heavy atom. The number of aliphatic carboxylic acids is 1. The molecule has 1 aromatic carbocycles. The lowest BCUT2D eigenvalue weighted by atomic mass is 9.74. The number of carboxylic acid groups (broad SMARTS) is 1. The molecule has 2 heteroatoms. The molecule has 0 aromatic heterocycles. The molecule has 1 aliphatic carbocycles. The molecule has 0 spiro atoms. The van der Waals surface area contributed by atoms with Crippen LogP contribution in [0.15, 0.2) is 30.3 Å². The first-order valence-electron chi connectivity index (χ1n) is 6.22. The van der Waals surface area contributed by atoms with Crippen LogP contribution in [0, 0.1) is 17.3 Å². The van der Waals surface area contributed by atoms with Crippen LogP contribution in [0.2, 0.25) is 0 Å². The molecule has 0 bridgehead atoms. The molecule has 1 fully saturated rings. The maximum absolute atomic E-state index is 11.3. The zero-order valence-corrected chi connectivity index (χ0v) is 10.7. The van der Waals surface area contributed by atoms with E-state index < -0.39 is 5.97 Å². The average molecular weight is 232 g/mol. The van der Waals surface area contributed by atoms with E-state index in [1.165, 1.54) is 5.56 Å². The standard InChI is InChI=1S/C15H20O2/c1-10-12(11-7-5-4-6-8-11)9-13(14(16)17)15(10,2)3/h4-8,10,12-13H,9H2,1-3H3,(H,16,17)/t10-,12-,13+/m1/s1. The zero-order chi connectivity index (χ0) is 12.6. The molecule has 1 saturated carbocycles. The average Bonchev–Trinajstić information content (AvgIpc) is 2.52. The van der Waals surface area contributed by atoms with Crippen molar-refractivity contribution in [3.8, 4) is 0 Å². The van der Waals surface area contributed by atoms with Crippen LogP contribution >= 0.6 is 0 Å². The van der Waals surface area contributed by atoms with Crippen molar-refractivity contribution in [2.24, 2.45) is 17.3 Å². The normalized spacial score (nSPS) is 31.4. The topological polar surface area (TPSA) is 37.3 Å². The Kier molecular flexibility index (Phi) is 2.98. The van der Waals surface area contributed by atoms with E-state index in [1.807, 2.05) is 18.2 Å². The summed E-state index contributed by atoms with van der Waals surface area (Å²) in [5.41, 5.74) is 1.14. The minimum absolute atomic E-state index is 0.133. The lowest BCUT2D eigenvalue weighted by Crippen LogP contribution is -2.29. The van der Waals surface area contributed by atoms with Gasteiger partial charge < -0.3 is 5.11 Å². The first-order valence-corrected chi connectivity index (χ1v) is 6.22. The van der Waals surface area contributed by atoms with Crippen LogP contribution in [0.25, 0.3) is 0 Å². The molecule has 2 rings (SSSR count). The first-order chi connectivity index (χ1) is 7.94. The molecule has 17 heavy (non-hydrogen) atoms. The van der Waals surface area contributed by atoms with Gasteiger partial charge in [0.15, 0.2) is 0 Å². The van der Waals surface area contributed by atoms with Crippen molar-refractivity contribution >= 4 is 5.97 Å². The van der Waals surface area contributed by atoms with Crippen molar-refractivity contribution in [1.82, 2.24) is 0 Å². The largest absolute Gasteiger partial charge is 0.481 e. The molecule has 0 radical (unpaired) electrons. The van der Waals surface area contributed by atoms with Gasteiger partial charge in [-0.05, 0) is 29.2 Å². The van der Waals surface area contributed by atoms with E-state index in [-0.39, 0.29) is 11.3 Å². The molecule has 0 heterocycles. The van der Waals surface area contributed by atoms with Crippen LogP contribution in [-0.4, -0.2) is 11.1 Å². The van der Waals surface area contributed by atoms with E-state index in [0.29, 0.717) is 11.8 Å². The van der Waals surface area contributed by atoms with E-state index in [1.54, 1.807) is 0 Å². The fourth-order valence-electron chi connectivity index (χ4n) is 3.14. The summed E-state index contributed by atoms with van der Waals surface area (Å²) in [5, 5.41) is 9.33. The van der Waals surface area contributed by atoms with Gasteiger partial charge in [-0.1, -0.05) is 51.1 Å². The highest BCUT2D eigenvalue weighted by Gasteiger charge is 2.50. The zero-order valence-electron chi connectivity index (χ0n) is 10.7. The number of carboxylic acids is 1. The van der Waals surface area contributed by atoms with Gasteiger partial charge in [0.1, 0.15) is 0 Å². The second kappa shape index (κ2) is 4.17. The van der Waals surface area contributed by atoms with Gasteiger partial charge in [-0.3, -0.25) is 4.79 Å². The van der Waals surface area contributed by atoms with Gasteiger partial charge in [-0.2, -0.15) is 0 Å². The Morgan fingerprint density at radius 3 is 2.35 bits per heavy atom. The Hall–Kier alpha value is -1.31. The van der Waals surface area contributed by atoms with Gasteiger partial charge in [-0.25, -0.2) is 0 Å². The van der Waals surface area contributed by atoms with E-state index >= 15 is 0 Å². The first kappa shape index (κ1) is 12.2. The molecule has 0 amide bonds. The van der Waals surface area contributed by atoms with Crippen molar-refractivity contribution in [2.75, 3.05) is 0 Å². The molecule has 2 nitrogen and oxygen atoms in total. The third kappa shape index (κ3) is 1.97. The second-order valence-electron chi connectivity index (χ2n) is 5.75. The summed E-state index contributed by atoms with van der Waals surface area (Å²) in [7, 11) is 0. The predicted molar refractivity (Wildman–Crippen MR) is 67.9 cm³/mol. The van der Waals surface area contributed by atoms with Gasteiger partial charge in [0.05, 0.1) is 5.92 Å². The molecular formula is C15H20O2. The minimum atomic E-state index is -0.653. The summed E-state index contributed by atoms with van der Waals surface area (Å²) in [4.78, 5) is 11.3. The van der Waals surface area contributed by atoms with Crippen molar-refractivity contribution in [1.29, 1.82) is 0 Å². The molecule has 0 aliphatic heterocycles. The highest BCUT2D eigenvalue weighted by Crippen LogP contribution is 2.54. The van der Waals surface area contributed by atoms with Crippen molar-refractivity contribution < 1.29 is 9.90 Å². The highest BCUT2D eigenvalue weighted by atomic mass is 16.4. The Labute approximate surface area is 103 Å². The minimum Gasteiger partial charge on any atom is -0.481 e. The summed E-state index contributed by atoms with van der Waals surface area (Å²) < 4.78 is 0. The molecule has 92 valence electrons. The van der Waals surface area contributed by atoms with Gasteiger partial charge in [-0.15, -0.1) is 0 Å². The Balaban J connectivity index is 2.32. The molecule has 0 saturated heterocycles. The molecule has 1 aliphatic rings. The van der Waals surface area contributed by atoms with Crippen LogP contribution < -0.4 is 0 Å². The summed E-state index contributed by atoms with van der Waals surface area (Å²) in [6, 6.07) is 10.3. The summed E-state index contributed by atoms with van der Waals surface area (Å²) in [5.74, 6) is -0.124. The van der Waals surface area contributed by atoms with Crippen LogP contribution in [0.3, 0.4) is 0 Å². The quantitative estimate of drug-likeness (QED) is 0.846. The third-order valence-corrected chi connectivity index (χ3v) is 4.69. The van der Waals surface area contributed by atoms with Gasteiger partial charge in [0.2, 0.25) is 0 Å². The van der Waals surface area contributed by atoms with Crippen LogP contribution in [0.4, 0.5) is 0 Å². The molecular weight excluding hydrogens is 212 g/mol. The van der Waals surface area contributed by atoms with E-state index in [0.717, 1.165) is 6.42 Å². The van der Waals surface area contributed by atoms with Crippen LogP contribution in [0.5, 0.6) is 0 Å². The Morgan fingerprint density at radius 2 is 1.88 bits per heavy atom. The van der Waals surface area contributed by atoms with E-state index in [4.69, 9.17) is 0 Å². The smallest absolute Gasteiger partial charge is 0.307 e. The molecule has 0 unspecified atom stereocenters. The van der Waals surface area contributed by atoms with Gasteiger partial charge in [0, 0.05) is 0 Å². The fraction of sp³-hybridized carbons (Fsp3) is 0.533. The third-order valence-electron chi connectivity index (χ3n) is 4.69. The lowest BCUT2D eigenvalue weighted by Gasteiger charge is -2.30. The number of carbonyl (C=O) groups is 1. The van der Waals surface area contributed by atoms with Crippen molar-refractivity contribution in [2.45, 2.75) is 33.1 Å². The highest BCUT2D eigenvalue weighted by molar-refractivity contribution is 5.72. The lowest BCUT2D eigenvalue weighted by molar-refractivity contribution is -0.145. The second-order valence-corrected chi connectivity index (χ2v) is 5.75. The summed E-state index contributed by atoms with van der Waals surface area (Å²) in [6.45, 7) is 6.35. The van der Waals surface area contributed by atoms with Crippen LogP contribution in [0.1, 0.15) is 38.7 Å². The SMILES string of the molecule is C[C@@H]1[C@H](c2ccccc2)C[C@@H](C(=O)O)C1(C)C. The number of hydrogen-bond acceptors (Lipinski definition) is 1. The molecule has 3 atom stereocenters. The summed E-state index contributed by atoms with van der Waals surface area (Å²) in [6.07, 6.45) is 0.757. The number of hydrogen-bond donors (Lipinski definition) is 1. The predicted octanol–water partition coefficient (Wildman–Crippen LogP) is 3.54. The van der Waals surface area contributed by atoms with Crippen LogP contribution in [-0.2, 0) is 4.79 Å². The van der Waals surface area contributed by atoms with Gasteiger partial charge >= 0.3 is 5.97 Å². The number of benzene rings is 1.